The number of nitrogens with zero attached hydrogens (tertiary/aromatic N) is 5. The van der Waals surface area contributed by atoms with Crippen LogP contribution in [-0.4, -0.2) is 37.8 Å². The van der Waals surface area contributed by atoms with Crippen molar-refractivity contribution in [1.29, 1.82) is 0 Å². The smallest absolute Gasteiger partial charge is 0.321 e. The fourth-order valence-electron chi connectivity index (χ4n) is 2.85. The van der Waals surface area contributed by atoms with Gasteiger partial charge in [0.15, 0.2) is 0 Å². The fraction of sp³-hybridized carbons (Fsp3) is 0.211. The number of rotatable bonds is 6. The van der Waals surface area contributed by atoms with E-state index in [0.717, 1.165) is 16.0 Å². The van der Waals surface area contributed by atoms with Gasteiger partial charge in [0.1, 0.15) is 10.5 Å². The van der Waals surface area contributed by atoms with Crippen LogP contribution < -0.4 is 10.6 Å². The van der Waals surface area contributed by atoms with Gasteiger partial charge in [-0.1, -0.05) is 52.9 Å². The molecule has 0 aliphatic heterocycles. The Bertz CT molecular complexity index is 1100. The molecule has 2 N–H and O–H groups in total. The van der Waals surface area contributed by atoms with Gasteiger partial charge in [-0.25, -0.2) is 9.48 Å². The van der Waals surface area contributed by atoms with E-state index < -0.39 is 0 Å². The van der Waals surface area contributed by atoms with Crippen molar-refractivity contribution in [3.8, 4) is 0 Å². The summed E-state index contributed by atoms with van der Waals surface area (Å²) in [6.45, 7) is 3.03. The van der Waals surface area contributed by atoms with Crippen LogP contribution in [0.5, 0.6) is 0 Å². The van der Waals surface area contributed by atoms with Crippen molar-refractivity contribution in [3.63, 3.8) is 0 Å². The lowest BCUT2D eigenvalue weighted by atomic mass is 10.1. The van der Waals surface area contributed by atoms with Crippen molar-refractivity contribution in [2.24, 2.45) is 0 Å². The van der Waals surface area contributed by atoms with E-state index in [1.54, 1.807) is 4.68 Å². The molecule has 2 aromatic heterocycles. The second-order valence-electron chi connectivity index (χ2n) is 6.29. The maximum atomic E-state index is 12.1. The quantitative estimate of drug-likeness (QED) is 0.525. The highest BCUT2D eigenvalue weighted by molar-refractivity contribution is 7.15. The molecule has 0 bridgehead atoms. The highest BCUT2D eigenvalue weighted by atomic mass is 32.1. The van der Waals surface area contributed by atoms with Crippen molar-refractivity contribution >= 4 is 33.5 Å². The molecule has 0 aliphatic carbocycles. The van der Waals surface area contributed by atoms with Gasteiger partial charge in [-0.2, -0.15) is 0 Å². The van der Waals surface area contributed by atoms with Crippen molar-refractivity contribution in [2.45, 2.75) is 19.9 Å². The van der Waals surface area contributed by atoms with Crippen LogP contribution >= 0.6 is 11.3 Å². The van der Waals surface area contributed by atoms with Crippen LogP contribution in [0.2, 0.25) is 0 Å². The second-order valence-corrected chi connectivity index (χ2v) is 7.35. The zero-order valence-electron chi connectivity index (χ0n) is 15.3. The molecule has 0 aliphatic rings. The summed E-state index contributed by atoms with van der Waals surface area (Å²) in [6.07, 6.45) is 0.701. The lowest BCUT2D eigenvalue weighted by molar-refractivity contribution is 0.251. The van der Waals surface area contributed by atoms with Crippen LogP contribution in [-0.2, 0) is 13.0 Å². The van der Waals surface area contributed by atoms with Crippen molar-refractivity contribution in [3.05, 3.63) is 64.7 Å². The van der Waals surface area contributed by atoms with Gasteiger partial charge in [0.05, 0.1) is 12.1 Å². The number of carbonyl (C=O) groups excluding carboxylic acids is 1. The molecular weight excluding hydrogens is 374 g/mol. The zero-order valence-corrected chi connectivity index (χ0v) is 16.1. The summed E-state index contributed by atoms with van der Waals surface area (Å²) in [5, 5.41) is 23.3. The SMILES string of the molecule is Cc1ccccc1Cc1nnc(NC(=O)NCCn2nnc3ccccc32)s1. The minimum Gasteiger partial charge on any atom is -0.336 e. The van der Waals surface area contributed by atoms with Crippen molar-refractivity contribution in [2.75, 3.05) is 11.9 Å². The molecule has 4 rings (SSSR count). The maximum absolute atomic E-state index is 12.1. The van der Waals surface area contributed by atoms with E-state index in [0.29, 0.717) is 24.6 Å². The summed E-state index contributed by atoms with van der Waals surface area (Å²) in [4.78, 5) is 12.1. The first kappa shape index (κ1) is 18.1. The Kier molecular flexibility index (Phi) is 5.24. The Hall–Kier alpha value is -3.33. The molecular formula is C19H19N7OS. The number of anilines is 1. The number of hydrogen-bond donors (Lipinski definition) is 2. The van der Waals surface area contributed by atoms with Crippen LogP contribution in [0.15, 0.2) is 48.5 Å². The number of carbonyl (C=O) groups is 1. The third-order valence-corrected chi connectivity index (χ3v) is 5.16. The van der Waals surface area contributed by atoms with E-state index in [1.165, 1.54) is 22.5 Å². The second kappa shape index (κ2) is 8.13. The summed E-state index contributed by atoms with van der Waals surface area (Å²) < 4.78 is 1.76. The minimum absolute atomic E-state index is 0.317. The largest absolute Gasteiger partial charge is 0.336 e. The molecule has 0 spiro atoms. The number of urea groups is 1. The number of aromatic nitrogens is 5. The van der Waals surface area contributed by atoms with Gasteiger partial charge >= 0.3 is 6.03 Å². The predicted octanol–water partition coefficient (Wildman–Crippen LogP) is 3.00. The molecule has 0 saturated heterocycles. The molecule has 2 heterocycles. The van der Waals surface area contributed by atoms with E-state index in [2.05, 4.69) is 50.2 Å². The molecule has 8 nitrogen and oxygen atoms in total. The summed E-state index contributed by atoms with van der Waals surface area (Å²) in [7, 11) is 0. The lowest BCUT2D eigenvalue weighted by Gasteiger charge is -2.05. The predicted molar refractivity (Wildman–Crippen MR) is 108 cm³/mol. The Labute approximate surface area is 165 Å². The molecule has 4 aromatic rings. The molecule has 28 heavy (non-hydrogen) atoms. The van der Waals surface area contributed by atoms with E-state index in [9.17, 15) is 4.79 Å². The molecule has 2 amide bonds. The maximum Gasteiger partial charge on any atom is 0.321 e. The van der Waals surface area contributed by atoms with Crippen LogP contribution in [0, 0.1) is 6.92 Å². The zero-order chi connectivity index (χ0) is 19.3. The highest BCUT2D eigenvalue weighted by Crippen LogP contribution is 2.20. The first-order chi connectivity index (χ1) is 13.7. The Balaban J connectivity index is 1.28. The molecule has 142 valence electrons. The van der Waals surface area contributed by atoms with Crippen molar-refractivity contribution in [1.82, 2.24) is 30.5 Å². The number of fused-ring (bicyclic) bond motifs is 1. The standard InChI is InChI=1S/C19H19N7OS/c1-13-6-2-3-7-14(13)12-17-23-24-19(28-17)21-18(27)20-10-11-26-16-9-5-4-8-15(16)22-25-26/h2-9H,10-12H2,1H3,(H2,20,21,24,27). The number of para-hydroxylation sites is 1. The molecule has 0 radical (unpaired) electrons. The minimum atomic E-state index is -0.317. The average Bonchev–Trinajstić information content (AvgIpc) is 3.31. The Morgan fingerprint density at radius 2 is 1.89 bits per heavy atom. The Morgan fingerprint density at radius 3 is 2.79 bits per heavy atom. The molecule has 2 aromatic carbocycles. The first-order valence-electron chi connectivity index (χ1n) is 8.89. The molecule has 9 heteroatoms. The number of hydrogen-bond acceptors (Lipinski definition) is 6. The number of nitrogens with one attached hydrogen (secondary N) is 2. The summed E-state index contributed by atoms with van der Waals surface area (Å²) in [6, 6.07) is 15.6. The van der Waals surface area contributed by atoms with Crippen LogP contribution in [0.3, 0.4) is 0 Å². The average molecular weight is 393 g/mol. The molecule has 0 saturated carbocycles. The van der Waals surface area contributed by atoms with Gasteiger partial charge in [0, 0.05) is 13.0 Å². The third kappa shape index (κ3) is 4.15. The van der Waals surface area contributed by atoms with Crippen LogP contribution in [0.4, 0.5) is 9.93 Å². The first-order valence-corrected chi connectivity index (χ1v) is 9.70. The normalized spacial score (nSPS) is 10.9. The van der Waals surface area contributed by atoms with Gasteiger partial charge < -0.3 is 5.32 Å². The monoisotopic (exact) mass is 393 g/mol. The topological polar surface area (TPSA) is 97.6 Å². The number of aryl methyl sites for hydroxylation is 1. The number of benzene rings is 2. The summed E-state index contributed by atoms with van der Waals surface area (Å²) >= 11 is 1.38. The van der Waals surface area contributed by atoms with E-state index in [-0.39, 0.29) is 6.03 Å². The van der Waals surface area contributed by atoms with Gasteiger partial charge in [0.25, 0.3) is 0 Å². The van der Waals surface area contributed by atoms with E-state index in [1.807, 2.05) is 36.4 Å². The number of amides is 2. The fourth-order valence-corrected chi connectivity index (χ4v) is 3.60. The summed E-state index contributed by atoms with van der Waals surface area (Å²) in [5.74, 6) is 0. The van der Waals surface area contributed by atoms with Gasteiger partial charge in [-0.15, -0.1) is 15.3 Å². The van der Waals surface area contributed by atoms with E-state index in [4.69, 9.17) is 0 Å². The third-order valence-electron chi connectivity index (χ3n) is 4.32. The molecule has 0 fully saturated rings. The Morgan fingerprint density at radius 1 is 1.07 bits per heavy atom. The molecule has 0 unspecified atom stereocenters. The lowest BCUT2D eigenvalue weighted by Crippen LogP contribution is -2.31. The van der Waals surface area contributed by atoms with Crippen molar-refractivity contribution < 1.29 is 4.79 Å². The van der Waals surface area contributed by atoms with Gasteiger partial charge in [-0.3, -0.25) is 5.32 Å². The van der Waals surface area contributed by atoms with Crippen LogP contribution in [0.25, 0.3) is 11.0 Å². The highest BCUT2D eigenvalue weighted by Gasteiger charge is 2.10. The summed E-state index contributed by atoms with van der Waals surface area (Å²) in [5.41, 5.74) is 4.19. The van der Waals surface area contributed by atoms with Gasteiger partial charge in [0.2, 0.25) is 5.13 Å². The van der Waals surface area contributed by atoms with Crippen LogP contribution in [0.1, 0.15) is 16.1 Å². The van der Waals surface area contributed by atoms with E-state index >= 15 is 0 Å². The van der Waals surface area contributed by atoms with Gasteiger partial charge in [-0.05, 0) is 30.2 Å². The molecule has 0 atom stereocenters.